The molecule has 4 heteroatoms. The van der Waals surface area contributed by atoms with Crippen molar-refractivity contribution in [2.75, 3.05) is 14.1 Å². The van der Waals surface area contributed by atoms with Crippen molar-refractivity contribution >= 4 is 11.8 Å². The van der Waals surface area contributed by atoms with Crippen LogP contribution in [0, 0.1) is 5.92 Å². The molecular weight excluding hydrogens is 180 g/mol. The van der Waals surface area contributed by atoms with Gasteiger partial charge in [0.25, 0.3) is 0 Å². The number of hydrogen-bond donors (Lipinski definition) is 1. The lowest BCUT2D eigenvalue weighted by atomic mass is 9.92. The third-order valence-electron chi connectivity index (χ3n) is 2.41. The normalized spacial score (nSPS) is 22.1. The van der Waals surface area contributed by atoms with Crippen molar-refractivity contribution in [3.63, 3.8) is 0 Å². The number of carbonyl (C=O) groups excluding carboxylic acids is 2. The number of nitrogens with one attached hydrogen (secondary N) is 1. The summed E-state index contributed by atoms with van der Waals surface area (Å²) in [5, 5.41) is 2.55. The van der Waals surface area contributed by atoms with Gasteiger partial charge in [-0.25, -0.2) is 0 Å². The van der Waals surface area contributed by atoms with Gasteiger partial charge in [0.05, 0.1) is 5.92 Å². The molecule has 76 valence electrons. The molecule has 0 fully saturated rings. The van der Waals surface area contributed by atoms with Gasteiger partial charge in [-0.1, -0.05) is 6.58 Å². The van der Waals surface area contributed by atoms with Gasteiger partial charge in [0, 0.05) is 25.9 Å². The maximum Gasteiger partial charge on any atom is 0.250 e. The first-order valence-electron chi connectivity index (χ1n) is 4.35. The van der Waals surface area contributed by atoms with Crippen LogP contribution in [0.2, 0.25) is 0 Å². The second-order valence-corrected chi connectivity index (χ2v) is 3.32. The fourth-order valence-electron chi connectivity index (χ4n) is 1.48. The molecule has 0 aromatic heterocycles. The lowest BCUT2D eigenvalue weighted by Crippen LogP contribution is -2.40. The second-order valence-electron chi connectivity index (χ2n) is 3.32. The van der Waals surface area contributed by atoms with Crippen LogP contribution in [-0.4, -0.2) is 30.8 Å². The topological polar surface area (TPSA) is 49.4 Å². The maximum absolute atomic E-state index is 11.5. The van der Waals surface area contributed by atoms with Gasteiger partial charge >= 0.3 is 0 Å². The first kappa shape index (κ1) is 10.5. The highest BCUT2D eigenvalue weighted by atomic mass is 16.2. The van der Waals surface area contributed by atoms with Crippen LogP contribution in [0.1, 0.15) is 6.92 Å². The van der Waals surface area contributed by atoms with Crippen LogP contribution in [-0.2, 0) is 9.59 Å². The van der Waals surface area contributed by atoms with Crippen molar-refractivity contribution in [3.05, 3.63) is 23.9 Å². The van der Waals surface area contributed by atoms with E-state index in [4.69, 9.17) is 0 Å². The van der Waals surface area contributed by atoms with E-state index in [1.807, 2.05) is 0 Å². The van der Waals surface area contributed by atoms with Gasteiger partial charge in [0.15, 0.2) is 0 Å². The van der Waals surface area contributed by atoms with E-state index in [0.29, 0.717) is 5.70 Å². The fraction of sp³-hybridized carbons (Fsp3) is 0.400. The van der Waals surface area contributed by atoms with Crippen LogP contribution in [0.15, 0.2) is 23.9 Å². The lowest BCUT2D eigenvalue weighted by Gasteiger charge is -2.30. The van der Waals surface area contributed by atoms with Crippen molar-refractivity contribution in [2.45, 2.75) is 6.92 Å². The van der Waals surface area contributed by atoms with Crippen LogP contribution >= 0.6 is 0 Å². The Labute approximate surface area is 83.3 Å². The molecule has 0 radical (unpaired) electrons. The Hall–Kier alpha value is -1.58. The van der Waals surface area contributed by atoms with Crippen molar-refractivity contribution in [1.29, 1.82) is 0 Å². The van der Waals surface area contributed by atoms with E-state index in [2.05, 4.69) is 11.9 Å². The third-order valence-corrected chi connectivity index (χ3v) is 2.41. The number of likely N-dealkylation sites (N-methyl/N-ethyl adjacent to an activating group) is 1. The highest BCUT2D eigenvalue weighted by Gasteiger charge is 2.31. The van der Waals surface area contributed by atoms with Gasteiger partial charge in [-0.2, -0.15) is 0 Å². The molecular formula is C10H14N2O2. The Morgan fingerprint density at radius 2 is 2.21 bits per heavy atom. The van der Waals surface area contributed by atoms with Gasteiger partial charge in [0.1, 0.15) is 0 Å². The first-order valence-corrected chi connectivity index (χ1v) is 4.35. The predicted octanol–water partition coefficient (Wildman–Crippen LogP) is 0.281. The molecule has 0 saturated heterocycles. The minimum atomic E-state index is -0.414. The largest absolute Gasteiger partial charge is 0.358 e. The molecule has 2 amide bonds. The SMILES string of the molecule is C=C1C(C(=O)NC)C(C)=CC(=O)N1C. The predicted molar refractivity (Wildman–Crippen MR) is 53.2 cm³/mol. The highest BCUT2D eigenvalue weighted by Crippen LogP contribution is 2.26. The zero-order chi connectivity index (χ0) is 10.9. The molecule has 1 atom stereocenters. The van der Waals surface area contributed by atoms with Crippen LogP contribution in [0.25, 0.3) is 0 Å². The van der Waals surface area contributed by atoms with Gasteiger partial charge < -0.3 is 10.2 Å². The Morgan fingerprint density at radius 1 is 1.64 bits per heavy atom. The van der Waals surface area contributed by atoms with E-state index in [-0.39, 0.29) is 11.8 Å². The minimum absolute atomic E-state index is 0.132. The minimum Gasteiger partial charge on any atom is -0.358 e. The van der Waals surface area contributed by atoms with Crippen LogP contribution in [0.3, 0.4) is 0 Å². The molecule has 14 heavy (non-hydrogen) atoms. The Morgan fingerprint density at radius 3 is 2.71 bits per heavy atom. The summed E-state index contributed by atoms with van der Waals surface area (Å²) in [5.74, 6) is -0.682. The van der Waals surface area contributed by atoms with Crippen LogP contribution in [0.4, 0.5) is 0 Å². The number of rotatable bonds is 1. The number of carbonyl (C=O) groups is 2. The Balaban J connectivity index is 3.07. The van der Waals surface area contributed by atoms with Gasteiger partial charge in [0.2, 0.25) is 11.8 Å². The maximum atomic E-state index is 11.5. The van der Waals surface area contributed by atoms with Crippen LogP contribution < -0.4 is 5.32 Å². The summed E-state index contributed by atoms with van der Waals surface area (Å²) in [6.45, 7) is 5.51. The van der Waals surface area contributed by atoms with Crippen molar-refractivity contribution in [2.24, 2.45) is 5.92 Å². The van der Waals surface area contributed by atoms with E-state index >= 15 is 0 Å². The average Bonchev–Trinajstić information content (AvgIpc) is 2.14. The summed E-state index contributed by atoms with van der Waals surface area (Å²) in [7, 11) is 3.18. The lowest BCUT2D eigenvalue weighted by molar-refractivity contribution is -0.126. The molecule has 1 rings (SSSR count). The molecule has 0 bridgehead atoms. The van der Waals surface area contributed by atoms with E-state index in [1.54, 1.807) is 21.0 Å². The zero-order valence-electron chi connectivity index (χ0n) is 8.63. The van der Waals surface area contributed by atoms with E-state index in [9.17, 15) is 9.59 Å². The quantitative estimate of drug-likeness (QED) is 0.652. The van der Waals surface area contributed by atoms with E-state index < -0.39 is 5.92 Å². The molecule has 1 heterocycles. The fourth-order valence-corrected chi connectivity index (χ4v) is 1.48. The molecule has 0 spiro atoms. The number of amides is 2. The summed E-state index contributed by atoms with van der Waals surface area (Å²) in [6.07, 6.45) is 1.47. The summed E-state index contributed by atoms with van der Waals surface area (Å²) < 4.78 is 0. The standard InChI is InChI=1S/C10H14N2O2/c1-6-5-8(13)12(4)7(2)9(6)10(14)11-3/h5,9H,2H2,1,3-4H3,(H,11,14). The van der Waals surface area contributed by atoms with Gasteiger partial charge in [-0.05, 0) is 12.5 Å². The first-order chi connectivity index (χ1) is 6.49. The monoisotopic (exact) mass is 194 g/mol. The number of hydrogen-bond acceptors (Lipinski definition) is 2. The second kappa shape index (κ2) is 3.65. The van der Waals surface area contributed by atoms with Crippen molar-refractivity contribution < 1.29 is 9.59 Å². The molecule has 1 N–H and O–H groups in total. The average molecular weight is 194 g/mol. The molecule has 1 unspecified atom stereocenters. The molecule has 0 aromatic carbocycles. The van der Waals surface area contributed by atoms with E-state index in [0.717, 1.165) is 5.57 Å². The van der Waals surface area contributed by atoms with E-state index in [1.165, 1.54) is 11.0 Å². The molecule has 4 nitrogen and oxygen atoms in total. The smallest absolute Gasteiger partial charge is 0.250 e. The molecule has 0 aromatic rings. The summed E-state index contributed by atoms with van der Waals surface area (Å²) in [6, 6.07) is 0. The highest BCUT2D eigenvalue weighted by molar-refractivity contribution is 5.96. The van der Waals surface area contributed by atoms with Crippen molar-refractivity contribution in [1.82, 2.24) is 10.2 Å². The summed E-state index contributed by atoms with van der Waals surface area (Å²) in [5.41, 5.74) is 1.26. The Bertz CT molecular complexity index is 331. The molecule has 1 aliphatic rings. The third kappa shape index (κ3) is 1.55. The number of nitrogens with zero attached hydrogens (tertiary/aromatic N) is 1. The molecule has 0 saturated carbocycles. The molecule has 1 aliphatic heterocycles. The molecule has 0 aliphatic carbocycles. The van der Waals surface area contributed by atoms with Crippen LogP contribution in [0.5, 0.6) is 0 Å². The summed E-state index contributed by atoms with van der Waals surface area (Å²) in [4.78, 5) is 24.2. The Kier molecular flexibility index (Phi) is 2.74. The summed E-state index contributed by atoms with van der Waals surface area (Å²) >= 11 is 0. The van der Waals surface area contributed by atoms with Gasteiger partial charge in [-0.3, -0.25) is 9.59 Å². The van der Waals surface area contributed by atoms with Crippen molar-refractivity contribution in [3.8, 4) is 0 Å². The van der Waals surface area contributed by atoms with Gasteiger partial charge in [-0.15, -0.1) is 0 Å². The zero-order valence-corrected chi connectivity index (χ0v) is 8.63.